The lowest BCUT2D eigenvalue weighted by Gasteiger charge is -2.21. The number of hydrogen-bond donors (Lipinski definition) is 0. The summed E-state index contributed by atoms with van der Waals surface area (Å²) in [5, 5.41) is 0. The van der Waals surface area contributed by atoms with E-state index in [-0.39, 0.29) is 24.2 Å². The Morgan fingerprint density at radius 3 is 2.62 bits per heavy atom. The molecule has 1 aliphatic heterocycles. The zero-order valence-electron chi connectivity index (χ0n) is 15.4. The third-order valence-electron chi connectivity index (χ3n) is 4.74. The molecule has 0 aliphatic carbocycles. The van der Waals surface area contributed by atoms with Gasteiger partial charge in [0.25, 0.3) is 0 Å². The molecule has 26 heavy (non-hydrogen) atoms. The SMILES string of the molecule is CC(C)c1ccc(N2C[C@H](C(=O)N(C)Cc3cnccn3)CC2=O)cc1. The van der Waals surface area contributed by atoms with Gasteiger partial charge in [0.15, 0.2) is 0 Å². The summed E-state index contributed by atoms with van der Waals surface area (Å²) in [4.78, 5) is 36.7. The van der Waals surface area contributed by atoms with Gasteiger partial charge < -0.3 is 9.80 Å². The van der Waals surface area contributed by atoms with Crippen LogP contribution in [0.25, 0.3) is 0 Å². The second-order valence-corrected chi connectivity index (χ2v) is 7.04. The topological polar surface area (TPSA) is 66.4 Å². The number of anilines is 1. The van der Waals surface area contributed by atoms with Crippen molar-refractivity contribution in [1.29, 1.82) is 0 Å². The summed E-state index contributed by atoms with van der Waals surface area (Å²) in [6.07, 6.45) is 5.10. The molecule has 0 bridgehead atoms. The molecule has 2 aromatic rings. The Morgan fingerprint density at radius 2 is 2.00 bits per heavy atom. The predicted octanol–water partition coefficient (Wildman–Crippen LogP) is 2.61. The summed E-state index contributed by atoms with van der Waals surface area (Å²) >= 11 is 0. The molecule has 1 aliphatic rings. The van der Waals surface area contributed by atoms with Crippen molar-refractivity contribution in [3.8, 4) is 0 Å². The molecule has 1 saturated heterocycles. The monoisotopic (exact) mass is 352 g/mol. The maximum absolute atomic E-state index is 12.7. The van der Waals surface area contributed by atoms with Crippen molar-refractivity contribution < 1.29 is 9.59 Å². The highest BCUT2D eigenvalue weighted by molar-refractivity contribution is 6.00. The smallest absolute Gasteiger partial charge is 0.228 e. The summed E-state index contributed by atoms with van der Waals surface area (Å²) in [5.74, 6) is 0.0789. The van der Waals surface area contributed by atoms with E-state index in [4.69, 9.17) is 0 Å². The Kier molecular flexibility index (Phi) is 5.30. The van der Waals surface area contributed by atoms with Gasteiger partial charge in [-0.05, 0) is 23.6 Å². The average Bonchev–Trinajstić information content (AvgIpc) is 3.03. The third kappa shape index (κ3) is 3.90. The Balaban J connectivity index is 1.65. The first-order chi connectivity index (χ1) is 12.5. The number of aromatic nitrogens is 2. The lowest BCUT2D eigenvalue weighted by Crippen LogP contribution is -2.34. The molecule has 1 aromatic heterocycles. The summed E-state index contributed by atoms with van der Waals surface area (Å²) in [6.45, 7) is 5.08. The molecule has 0 spiro atoms. The molecule has 6 heteroatoms. The molecule has 2 amide bonds. The van der Waals surface area contributed by atoms with Crippen LogP contribution in [0.15, 0.2) is 42.9 Å². The molecule has 3 rings (SSSR count). The summed E-state index contributed by atoms with van der Waals surface area (Å²) in [6, 6.07) is 8.01. The Labute approximate surface area is 153 Å². The number of amides is 2. The van der Waals surface area contributed by atoms with Crippen LogP contribution < -0.4 is 4.90 Å². The van der Waals surface area contributed by atoms with E-state index in [9.17, 15) is 9.59 Å². The molecule has 1 fully saturated rings. The van der Waals surface area contributed by atoms with Crippen LogP contribution in [-0.2, 0) is 16.1 Å². The number of rotatable bonds is 5. The van der Waals surface area contributed by atoms with Crippen LogP contribution in [0.4, 0.5) is 5.69 Å². The van der Waals surface area contributed by atoms with Crippen molar-refractivity contribution in [2.24, 2.45) is 5.92 Å². The number of nitrogens with zero attached hydrogens (tertiary/aromatic N) is 4. The Morgan fingerprint density at radius 1 is 1.27 bits per heavy atom. The van der Waals surface area contributed by atoms with Gasteiger partial charge in [-0.2, -0.15) is 0 Å². The molecule has 136 valence electrons. The largest absolute Gasteiger partial charge is 0.339 e. The van der Waals surface area contributed by atoms with Gasteiger partial charge in [-0.3, -0.25) is 19.6 Å². The number of carbonyl (C=O) groups excluding carboxylic acids is 2. The van der Waals surface area contributed by atoms with Crippen molar-refractivity contribution in [3.05, 3.63) is 54.1 Å². The molecule has 0 saturated carbocycles. The minimum absolute atomic E-state index is 0.00597. The Bertz CT molecular complexity index is 774. The number of benzene rings is 1. The lowest BCUT2D eigenvalue weighted by molar-refractivity contribution is -0.135. The van der Waals surface area contributed by atoms with Gasteiger partial charge >= 0.3 is 0 Å². The van der Waals surface area contributed by atoms with E-state index in [0.29, 0.717) is 19.0 Å². The van der Waals surface area contributed by atoms with Crippen LogP contribution in [0.3, 0.4) is 0 Å². The summed E-state index contributed by atoms with van der Waals surface area (Å²) in [5.41, 5.74) is 2.82. The van der Waals surface area contributed by atoms with Gasteiger partial charge in [0, 0.05) is 38.1 Å². The van der Waals surface area contributed by atoms with Crippen LogP contribution in [0.2, 0.25) is 0 Å². The van der Waals surface area contributed by atoms with Crippen LogP contribution >= 0.6 is 0 Å². The van der Waals surface area contributed by atoms with E-state index in [1.807, 2.05) is 24.3 Å². The fraction of sp³-hybridized carbons (Fsp3) is 0.400. The van der Waals surface area contributed by atoms with Crippen LogP contribution in [-0.4, -0.2) is 40.3 Å². The predicted molar refractivity (Wildman–Crippen MR) is 99.5 cm³/mol. The molecule has 0 unspecified atom stereocenters. The van der Waals surface area contributed by atoms with Gasteiger partial charge in [0.1, 0.15) is 0 Å². The highest BCUT2D eigenvalue weighted by atomic mass is 16.2. The molecule has 1 aromatic carbocycles. The first-order valence-electron chi connectivity index (χ1n) is 8.86. The molecule has 2 heterocycles. The lowest BCUT2D eigenvalue weighted by atomic mass is 10.0. The van der Waals surface area contributed by atoms with Gasteiger partial charge in [-0.1, -0.05) is 26.0 Å². The molecular formula is C20H24N4O2. The van der Waals surface area contributed by atoms with Gasteiger partial charge in [-0.15, -0.1) is 0 Å². The number of hydrogen-bond acceptors (Lipinski definition) is 4. The minimum atomic E-state index is -0.325. The first-order valence-corrected chi connectivity index (χ1v) is 8.86. The molecule has 1 atom stereocenters. The van der Waals surface area contributed by atoms with E-state index in [0.717, 1.165) is 11.4 Å². The minimum Gasteiger partial charge on any atom is -0.339 e. The fourth-order valence-corrected chi connectivity index (χ4v) is 3.21. The van der Waals surface area contributed by atoms with E-state index in [1.165, 1.54) is 5.56 Å². The zero-order valence-corrected chi connectivity index (χ0v) is 15.4. The molecule has 6 nitrogen and oxygen atoms in total. The van der Waals surface area contributed by atoms with Gasteiger partial charge in [-0.25, -0.2) is 0 Å². The highest BCUT2D eigenvalue weighted by Gasteiger charge is 2.36. The van der Waals surface area contributed by atoms with Crippen LogP contribution in [0.5, 0.6) is 0 Å². The zero-order chi connectivity index (χ0) is 18.7. The van der Waals surface area contributed by atoms with E-state index >= 15 is 0 Å². The summed E-state index contributed by atoms with van der Waals surface area (Å²) in [7, 11) is 1.74. The second-order valence-electron chi connectivity index (χ2n) is 7.04. The summed E-state index contributed by atoms with van der Waals surface area (Å²) < 4.78 is 0. The van der Waals surface area contributed by atoms with E-state index in [1.54, 1.807) is 35.4 Å². The normalized spacial score (nSPS) is 17.0. The number of carbonyl (C=O) groups is 2. The van der Waals surface area contributed by atoms with Crippen molar-refractivity contribution in [2.75, 3.05) is 18.5 Å². The van der Waals surface area contributed by atoms with E-state index in [2.05, 4.69) is 23.8 Å². The molecular weight excluding hydrogens is 328 g/mol. The van der Waals surface area contributed by atoms with E-state index < -0.39 is 0 Å². The quantitative estimate of drug-likeness (QED) is 0.830. The van der Waals surface area contributed by atoms with Crippen molar-refractivity contribution in [1.82, 2.24) is 14.9 Å². The van der Waals surface area contributed by atoms with Crippen molar-refractivity contribution >= 4 is 17.5 Å². The third-order valence-corrected chi connectivity index (χ3v) is 4.74. The Hall–Kier alpha value is -2.76. The van der Waals surface area contributed by atoms with Gasteiger partial charge in [0.05, 0.1) is 24.4 Å². The fourth-order valence-electron chi connectivity index (χ4n) is 3.21. The maximum Gasteiger partial charge on any atom is 0.228 e. The van der Waals surface area contributed by atoms with Crippen molar-refractivity contribution in [2.45, 2.75) is 32.7 Å². The molecule has 0 radical (unpaired) electrons. The standard InChI is InChI=1S/C20H24N4O2/c1-14(2)15-4-6-18(7-5-15)24-12-16(10-19(24)25)20(26)23(3)13-17-11-21-8-9-22-17/h4-9,11,14,16H,10,12-13H2,1-3H3/t16-/m1/s1. The highest BCUT2D eigenvalue weighted by Crippen LogP contribution is 2.27. The molecule has 0 N–H and O–H groups in total. The average molecular weight is 352 g/mol. The first kappa shape index (κ1) is 18.0. The van der Waals surface area contributed by atoms with Crippen molar-refractivity contribution in [3.63, 3.8) is 0 Å². The maximum atomic E-state index is 12.7. The van der Waals surface area contributed by atoms with Crippen LogP contribution in [0.1, 0.15) is 37.4 Å². The second kappa shape index (κ2) is 7.64. The van der Waals surface area contributed by atoms with Crippen LogP contribution in [0, 0.1) is 5.92 Å². The van der Waals surface area contributed by atoms with Gasteiger partial charge in [0.2, 0.25) is 11.8 Å².